The summed E-state index contributed by atoms with van der Waals surface area (Å²) in [6.07, 6.45) is -3.19. The lowest BCUT2D eigenvalue weighted by Gasteiger charge is -2.16. The van der Waals surface area contributed by atoms with Crippen LogP contribution in [0.3, 0.4) is 0 Å². The third-order valence-corrected chi connectivity index (χ3v) is 5.36. The standard InChI is InChI=1S/C22H21F3O4/c1-2-27-21(26)18-12-17(18)13-6-8-14(9-7-13)28-19-11-10-16-15(19)4-3-5-20(16)29-22(23,24)25/h3-9,17-19H,2,10-12H2,1H3. The fourth-order valence-electron chi connectivity index (χ4n) is 3.96. The Kier molecular flexibility index (Phi) is 5.15. The Labute approximate surface area is 166 Å². The molecule has 4 nitrogen and oxygen atoms in total. The second-order valence-corrected chi connectivity index (χ2v) is 7.29. The van der Waals surface area contributed by atoms with Crippen molar-refractivity contribution in [3.8, 4) is 11.5 Å². The molecule has 154 valence electrons. The van der Waals surface area contributed by atoms with E-state index in [9.17, 15) is 18.0 Å². The predicted octanol–water partition coefficient (Wildman–Crippen LogP) is 5.32. The van der Waals surface area contributed by atoms with Crippen molar-refractivity contribution in [2.75, 3.05) is 6.61 Å². The first-order valence-electron chi connectivity index (χ1n) is 9.66. The van der Waals surface area contributed by atoms with E-state index < -0.39 is 6.36 Å². The van der Waals surface area contributed by atoms with E-state index in [4.69, 9.17) is 9.47 Å². The molecule has 0 N–H and O–H groups in total. The van der Waals surface area contributed by atoms with Gasteiger partial charge in [-0.15, -0.1) is 13.2 Å². The average molecular weight is 406 g/mol. The van der Waals surface area contributed by atoms with Gasteiger partial charge in [0.05, 0.1) is 12.5 Å². The van der Waals surface area contributed by atoms with Gasteiger partial charge >= 0.3 is 12.3 Å². The zero-order valence-corrected chi connectivity index (χ0v) is 15.9. The topological polar surface area (TPSA) is 44.8 Å². The third-order valence-electron chi connectivity index (χ3n) is 5.36. The van der Waals surface area contributed by atoms with Gasteiger partial charge in [-0.3, -0.25) is 4.79 Å². The second-order valence-electron chi connectivity index (χ2n) is 7.29. The summed E-state index contributed by atoms with van der Waals surface area (Å²) in [6.45, 7) is 2.17. The minimum atomic E-state index is -4.71. The molecule has 7 heteroatoms. The Morgan fingerprint density at radius 1 is 1.14 bits per heavy atom. The van der Waals surface area contributed by atoms with Crippen LogP contribution in [-0.4, -0.2) is 18.9 Å². The second kappa shape index (κ2) is 7.61. The van der Waals surface area contributed by atoms with Crippen LogP contribution in [0.1, 0.15) is 48.5 Å². The highest BCUT2D eigenvalue weighted by molar-refractivity contribution is 5.77. The number of ether oxygens (including phenoxy) is 3. The largest absolute Gasteiger partial charge is 0.573 e. The van der Waals surface area contributed by atoms with Crippen molar-refractivity contribution >= 4 is 5.97 Å². The maximum atomic E-state index is 12.6. The summed E-state index contributed by atoms with van der Waals surface area (Å²) >= 11 is 0. The zero-order valence-electron chi connectivity index (χ0n) is 15.9. The molecule has 0 radical (unpaired) electrons. The Balaban J connectivity index is 1.42. The summed E-state index contributed by atoms with van der Waals surface area (Å²) in [7, 11) is 0. The average Bonchev–Trinajstić information content (AvgIpc) is 3.37. The van der Waals surface area contributed by atoms with Crippen LogP contribution in [0.2, 0.25) is 0 Å². The summed E-state index contributed by atoms with van der Waals surface area (Å²) in [6, 6.07) is 12.2. The Morgan fingerprint density at radius 2 is 1.90 bits per heavy atom. The molecule has 3 atom stereocenters. The molecule has 0 bridgehead atoms. The van der Waals surface area contributed by atoms with E-state index in [0.29, 0.717) is 30.8 Å². The molecule has 2 aromatic rings. The maximum Gasteiger partial charge on any atom is 0.573 e. The molecule has 0 aliphatic heterocycles. The van der Waals surface area contributed by atoms with Crippen LogP contribution in [0.5, 0.6) is 11.5 Å². The summed E-state index contributed by atoms with van der Waals surface area (Å²) in [5.41, 5.74) is 2.32. The molecule has 2 aromatic carbocycles. The summed E-state index contributed by atoms with van der Waals surface area (Å²) in [5.74, 6) is 0.433. The molecular weight excluding hydrogens is 385 g/mol. The zero-order chi connectivity index (χ0) is 20.6. The molecule has 0 spiro atoms. The van der Waals surface area contributed by atoms with Crippen molar-refractivity contribution in [1.29, 1.82) is 0 Å². The molecule has 0 aromatic heterocycles. The monoisotopic (exact) mass is 406 g/mol. The van der Waals surface area contributed by atoms with E-state index in [2.05, 4.69) is 4.74 Å². The third kappa shape index (κ3) is 4.33. The smallest absolute Gasteiger partial charge is 0.486 e. The van der Waals surface area contributed by atoms with Crippen LogP contribution in [0.4, 0.5) is 13.2 Å². The highest BCUT2D eigenvalue weighted by Gasteiger charge is 2.45. The number of fused-ring (bicyclic) bond motifs is 1. The number of halogens is 3. The van der Waals surface area contributed by atoms with Crippen molar-refractivity contribution in [1.82, 2.24) is 0 Å². The molecule has 29 heavy (non-hydrogen) atoms. The maximum absolute atomic E-state index is 12.6. The number of hydrogen-bond acceptors (Lipinski definition) is 4. The van der Waals surface area contributed by atoms with Gasteiger partial charge in [0, 0.05) is 5.56 Å². The van der Waals surface area contributed by atoms with Gasteiger partial charge in [0.2, 0.25) is 0 Å². The molecule has 4 rings (SSSR count). The number of benzene rings is 2. The van der Waals surface area contributed by atoms with Crippen molar-refractivity contribution in [3.63, 3.8) is 0 Å². The van der Waals surface area contributed by atoms with Crippen molar-refractivity contribution < 1.29 is 32.2 Å². The van der Waals surface area contributed by atoms with Crippen LogP contribution in [0.15, 0.2) is 42.5 Å². The lowest BCUT2D eigenvalue weighted by Crippen LogP contribution is -2.18. The predicted molar refractivity (Wildman–Crippen MR) is 98.7 cm³/mol. The SMILES string of the molecule is CCOC(=O)C1CC1c1ccc(OC2CCc3c(OC(F)(F)F)cccc32)cc1. The molecule has 0 amide bonds. The Hall–Kier alpha value is -2.70. The summed E-state index contributed by atoms with van der Waals surface area (Å²) in [4.78, 5) is 11.8. The van der Waals surface area contributed by atoms with E-state index in [1.807, 2.05) is 24.3 Å². The van der Waals surface area contributed by atoms with Gasteiger partial charge in [-0.2, -0.15) is 0 Å². The van der Waals surface area contributed by atoms with Crippen LogP contribution in [-0.2, 0) is 16.0 Å². The number of carbonyl (C=O) groups excluding carboxylic acids is 1. The highest BCUT2D eigenvalue weighted by atomic mass is 19.4. The van der Waals surface area contributed by atoms with E-state index in [1.54, 1.807) is 19.1 Å². The van der Waals surface area contributed by atoms with Crippen LogP contribution in [0, 0.1) is 5.92 Å². The van der Waals surface area contributed by atoms with Gasteiger partial charge in [-0.25, -0.2) is 0 Å². The van der Waals surface area contributed by atoms with Crippen LogP contribution < -0.4 is 9.47 Å². The van der Waals surface area contributed by atoms with E-state index in [1.165, 1.54) is 6.07 Å². The summed E-state index contributed by atoms with van der Waals surface area (Å²) in [5, 5.41) is 0. The number of esters is 1. The minimum Gasteiger partial charge on any atom is -0.486 e. The molecule has 0 saturated heterocycles. The molecule has 2 aliphatic carbocycles. The number of carbonyl (C=O) groups is 1. The van der Waals surface area contributed by atoms with E-state index >= 15 is 0 Å². The van der Waals surface area contributed by atoms with Gasteiger partial charge in [0.15, 0.2) is 0 Å². The highest BCUT2D eigenvalue weighted by Crippen LogP contribution is 2.48. The molecule has 0 heterocycles. The van der Waals surface area contributed by atoms with Crippen LogP contribution >= 0.6 is 0 Å². The number of hydrogen-bond donors (Lipinski definition) is 0. The minimum absolute atomic E-state index is 0.0736. The normalized spacial score (nSPS) is 22.7. The molecule has 2 aliphatic rings. The lowest BCUT2D eigenvalue weighted by atomic mass is 10.1. The van der Waals surface area contributed by atoms with Crippen molar-refractivity contribution in [3.05, 3.63) is 59.2 Å². The summed E-state index contributed by atoms with van der Waals surface area (Å²) < 4.78 is 53.0. The number of alkyl halides is 3. The quantitative estimate of drug-likeness (QED) is 0.610. The Bertz CT molecular complexity index is 892. The molecular formula is C22H21F3O4. The lowest BCUT2D eigenvalue weighted by molar-refractivity contribution is -0.274. The molecule has 1 saturated carbocycles. The van der Waals surface area contributed by atoms with Gasteiger partial charge in [0.25, 0.3) is 0 Å². The fourth-order valence-corrected chi connectivity index (χ4v) is 3.96. The van der Waals surface area contributed by atoms with Gasteiger partial charge < -0.3 is 14.2 Å². The fraction of sp³-hybridized carbons (Fsp3) is 0.409. The van der Waals surface area contributed by atoms with Gasteiger partial charge in [0.1, 0.15) is 17.6 Å². The molecule has 1 fully saturated rings. The Morgan fingerprint density at radius 3 is 2.59 bits per heavy atom. The first-order valence-corrected chi connectivity index (χ1v) is 9.66. The first kappa shape index (κ1) is 19.6. The van der Waals surface area contributed by atoms with Crippen molar-refractivity contribution in [2.24, 2.45) is 5.92 Å². The van der Waals surface area contributed by atoms with Gasteiger partial charge in [-0.05, 0) is 61.4 Å². The molecule has 3 unspecified atom stereocenters. The van der Waals surface area contributed by atoms with E-state index in [0.717, 1.165) is 17.5 Å². The van der Waals surface area contributed by atoms with Crippen LogP contribution in [0.25, 0.3) is 0 Å². The first-order chi connectivity index (χ1) is 13.9. The van der Waals surface area contributed by atoms with Gasteiger partial charge in [-0.1, -0.05) is 24.3 Å². The number of rotatable bonds is 6. The van der Waals surface area contributed by atoms with E-state index in [-0.39, 0.29) is 29.7 Å². The van der Waals surface area contributed by atoms with Crippen molar-refractivity contribution in [2.45, 2.75) is 44.6 Å².